The number of pyridine rings is 1. The van der Waals surface area contributed by atoms with Crippen molar-refractivity contribution in [2.24, 2.45) is 0 Å². The van der Waals surface area contributed by atoms with Gasteiger partial charge in [0.25, 0.3) is 20.3 Å². The van der Waals surface area contributed by atoms with E-state index in [0.29, 0.717) is 11.3 Å². The maximum absolute atomic E-state index is 12.3. The molecule has 0 atom stereocenters. The normalized spacial score (nSPS) is 11.1. The molecular formula is C15H13N5O3S2. The SMILES string of the molecule is Cc1cccc(C(=O)Nc2nnc(S(=O)(=O)Nc3cccnc3)s2)c1. The average molecular weight is 375 g/mol. The van der Waals surface area contributed by atoms with Crippen LogP contribution in [0.3, 0.4) is 0 Å². The maximum Gasteiger partial charge on any atom is 0.291 e. The Labute approximate surface area is 148 Å². The predicted molar refractivity (Wildman–Crippen MR) is 94.1 cm³/mol. The van der Waals surface area contributed by atoms with Crippen LogP contribution < -0.4 is 10.0 Å². The largest absolute Gasteiger partial charge is 0.296 e. The summed E-state index contributed by atoms with van der Waals surface area (Å²) >= 11 is 0.761. The molecule has 0 saturated carbocycles. The second-order valence-electron chi connectivity index (χ2n) is 5.04. The summed E-state index contributed by atoms with van der Waals surface area (Å²) in [6.45, 7) is 1.87. The van der Waals surface area contributed by atoms with Crippen molar-refractivity contribution in [2.45, 2.75) is 11.3 Å². The summed E-state index contributed by atoms with van der Waals surface area (Å²) in [6, 6.07) is 10.2. The highest BCUT2D eigenvalue weighted by Crippen LogP contribution is 2.22. The van der Waals surface area contributed by atoms with Gasteiger partial charge in [-0.1, -0.05) is 29.0 Å². The Kier molecular flexibility index (Phi) is 4.72. The van der Waals surface area contributed by atoms with Crippen LogP contribution in [-0.4, -0.2) is 29.5 Å². The highest BCUT2D eigenvalue weighted by molar-refractivity contribution is 7.94. The third kappa shape index (κ3) is 4.17. The van der Waals surface area contributed by atoms with Gasteiger partial charge in [-0.25, -0.2) is 0 Å². The van der Waals surface area contributed by atoms with Gasteiger partial charge >= 0.3 is 0 Å². The number of aromatic nitrogens is 3. The number of nitrogens with zero attached hydrogens (tertiary/aromatic N) is 3. The Bertz CT molecular complexity index is 1000. The fourth-order valence-corrected chi connectivity index (χ4v) is 3.89. The van der Waals surface area contributed by atoms with Gasteiger partial charge in [-0.05, 0) is 31.2 Å². The summed E-state index contributed by atoms with van der Waals surface area (Å²) in [5, 5.41) is 9.98. The first-order chi connectivity index (χ1) is 11.9. The number of sulfonamides is 1. The number of rotatable bonds is 5. The monoisotopic (exact) mass is 375 g/mol. The second-order valence-corrected chi connectivity index (χ2v) is 7.88. The fraction of sp³-hybridized carbons (Fsp3) is 0.0667. The minimum atomic E-state index is -3.90. The minimum absolute atomic E-state index is 0.0954. The number of aryl methyl sites for hydroxylation is 1. The lowest BCUT2D eigenvalue weighted by molar-refractivity contribution is 0.102. The summed E-state index contributed by atoms with van der Waals surface area (Å²) in [5.74, 6) is -0.385. The number of carbonyl (C=O) groups excluding carboxylic acids is 1. The maximum atomic E-state index is 12.3. The molecule has 0 saturated heterocycles. The zero-order valence-electron chi connectivity index (χ0n) is 13.0. The zero-order chi connectivity index (χ0) is 17.9. The van der Waals surface area contributed by atoms with E-state index in [-0.39, 0.29) is 15.4 Å². The van der Waals surface area contributed by atoms with Crippen LogP contribution >= 0.6 is 11.3 Å². The molecule has 0 unspecified atom stereocenters. The molecule has 1 aromatic carbocycles. The molecule has 25 heavy (non-hydrogen) atoms. The van der Waals surface area contributed by atoms with E-state index < -0.39 is 10.0 Å². The van der Waals surface area contributed by atoms with Gasteiger partial charge in [-0.2, -0.15) is 8.42 Å². The van der Waals surface area contributed by atoms with Crippen LogP contribution in [0.25, 0.3) is 0 Å². The van der Waals surface area contributed by atoms with Gasteiger partial charge in [0.2, 0.25) is 5.13 Å². The van der Waals surface area contributed by atoms with E-state index in [9.17, 15) is 13.2 Å². The number of benzene rings is 1. The third-order valence-electron chi connectivity index (χ3n) is 3.05. The summed E-state index contributed by atoms with van der Waals surface area (Å²) < 4.78 is 26.6. The average Bonchev–Trinajstić information content (AvgIpc) is 3.05. The first-order valence-electron chi connectivity index (χ1n) is 7.08. The van der Waals surface area contributed by atoms with Gasteiger partial charge in [0.1, 0.15) is 0 Å². The number of carbonyl (C=O) groups is 1. The minimum Gasteiger partial charge on any atom is -0.296 e. The van der Waals surface area contributed by atoms with Crippen LogP contribution in [0.5, 0.6) is 0 Å². The van der Waals surface area contributed by atoms with Crippen LogP contribution in [-0.2, 0) is 10.0 Å². The fourth-order valence-electron chi connectivity index (χ4n) is 1.95. The van der Waals surface area contributed by atoms with Gasteiger partial charge in [0.05, 0.1) is 11.9 Å². The van der Waals surface area contributed by atoms with E-state index in [4.69, 9.17) is 0 Å². The van der Waals surface area contributed by atoms with E-state index in [0.717, 1.165) is 16.9 Å². The second kappa shape index (κ2) is 6.95. The zero-order valence-corrected chi connectivity index (χ0v) is 14.6. The molecule has 0 radical (unpaired) electrons. The highest BCUT2D eigenvalue weighted by atomic mass is 32.2. The third-order valence-corrected chi connectivity index (χ3v) is 5.64. The van der Waals surface area contributed by atoms with E-state index in [1.807, 2.05) is 13.0 Å². The lowest BCUT2D eigenvalue weighted by Crippen LogP contribution is -2.12. The molecule has 1 amide bonds. The summed E-state index contributed by atoms with van der Waals surface area (Å²) in [7, 11) is -3.90. The Morgan fingerprint density at radius 2 is 2.00 bits per heavy atom. The molecule has 3 aromatic rings. The Hall–Kier alpha value is -2.85. The summed E-state index contributed by atoms with van der Waals surface area (Å²) in [4.78, 5) is 16.0. The van der Waals surface area contributed by atoms with Gasteiger partial charge in [-0.15, -0.1) is 10.2 Å². The highest BCUT2D eigenvalue weighted by Gasteiger charge is 2.21. The van der Waals surface area contributed by atoms with E-state index in [1.165, 1.54) is 12.4 Å². The van der Waals surface area contributed by atoms with Gasteiger partial charge < -0.3 is 0 Å². The van der Waals surface area contributed by atoms with Gasteiger partial charge in [-0.3, -0.25) is 19.8 Å². The van der Waals surface area contributed by atoms with Crippen molar-refractivity contribution in [3.8, 4) is 0 Å². The molecular weight excluding hydrogens is 362 g/mol. The molecule has 0 spiro atoms. The number of anilines is 2. The van der Waals surface area contributed by atoms with E-state index in [2.05, 4.69) is 25.2 Å². The molecule has 0 aliphatic carbocycles. The number of hydrogen-bond donors (Lipinski definition) is 2. The van der Waals surface area contributed by atoms with Crippen molar-refractivity contribution >= 4 is 38.1 Å². The first kappa shape index (κ1) is 17.0. The number of nitrogens with one attached hydrogen (secondary N) is 2. The summed E-state index contributed by atoms with van der Waals surface area (Å²) in [6.07, 6.45) is 2.90. The molecule has 2 aromatic heterocycles. The van der Waals surface area contributed by atoms with E-state index >= 15 is 0 Å². The van der Waals surface area contributed by atoms with Crippen LogP contribution in [0.15, 0.2) is 53.1 Å². The molecule has 8 nitrogen and oxygen atoms in total. The lowest BCUT2D eigenvalue weighted by atomic mass is 10.1. The van der Waals surface area contributed by atoms with Crippen molar-refractivity contribution in [3.63, 3.8) is 0 Å². The first-order valence-corrected chi connectivity index (χ1v) is 9.38. The molecule has 2 N–H and O–H groups in total. The Morgan fingerprint density at radius 3 is 2.72 bits per heavy atom. The molecule has 0 bridgehead atoms. The standard InChI is InChI=1S/C15H13N5O3S2/c1-10-4-2-5-11(8-10)13(21)17-14-18-19-15(24-14)25(22,23)20-12-6-3-7-16-9-12/h2-9,20H,1H3,(H,17,18,21). The predicted octanol–water partition coefficient (Wildman–Crippen LogP) is 2.29. The molecule has 0 fully saturated rings. The van der Waals surface area contributed by atoms with Crippen molar-refractivity contribution in [1.82, 2.24) is 15.2 Å². The molecule has 3 rings (SSSR count). The van der Waals surface area contributed by atoms with E-state index in [1.54, 1.807) is 30.3 Å². The molecule has 10 heteroatoms. The Morgan fingerprint density at radius 1 is 1.16 bits per heavy atom. The topological polar surface area (TPSA) is 114 Å². The summed E-state index contributed by atoms with van der Waals surface area (Å²) in [5.41, 5.74) is 1.70. The van der Waals surface area contributed by atoms with Crippen molar-refractivity contribution in [2.75, 3.05) is 10.0 Å². The van der Waals surface area contributed by atoms with Crippen molar-refractivity contribution in [3.05, 3.63) is 59.9 Å². The van der Waals surface area contributed by atoms with Crippen molar-refractivity contribution < 1.29 is 13.2 Å². The lowest BCUT2D eigenvalue weighted by Gasteiger charge is -2.03. The molecule has 0 aliphatic heterocycles. The van der Waals surface area contributed by atoms with Crippen LogP contribution in [0.2, 0.25) is 0 Å². The van der Waals surface area contributed by atoms with Crippen LogP contribution in [0.4, 0.5) is 10.8 Å². The quantitative estimate of drug-likeness (QED) is 0.662. The van der Waals surface area contributed by atoms with Crippen LogP contribution in [0, 0.1) is 6.92 Å². The Balaban J connectivity index is 1.75. The molecule has 2 heterocycles. The number of amides is 1. The van der Waals surface area contributed by atoms with Gasteiger partial charge in [0.15, 0.2) is 0 Å². The number of hydrogen-bond acceptors (Lipinski definition) is 7. The smallest absolute Gasteiger partial charge is 0.291 e. The van der Waals surface area contributed by atoms with Gasteiger partial charge in [0, 0.05) is 11.8 Å². The molecule has 0 aliphatic rings. The molecule has 128 valence electrons. The van der Waals surface area contributed by atoms with Crippen molar-refractivity contribution in [1.29, 1.82) is 0 Å². The van der Waals surface area contributed by atoms with Crippen LogP contribution in [0.1, 0.15) is 15.9 Å².